The highest BCUT2D eigenvalue weighted by Crippen LogP contribution is 2.14. The molecule has 1 aromatic rings. The fourth-order valence-electron chi connectivity index (χ4n) is 1.36. The molecule has 0 radical (unpaired) electrons. The van der Waals surface area contributed by atoms with Crippen LogP contribution in [0.1, 0.15) is 18.9 Å². The van der Waals surface area contributed by atoms with Crippen LogP contribution in [0, 0.1) is 11.3 Å². The molecule has 1 heterocycles. The molecule has 1 rings (SSSR count). The molecule has 0 bridgehead atoms. The standard InChI is InChI=1S/C10H14N4O/c1-2-5-14(6-7-15)10-9(8-11)3-4-12-13-10/h3-4,15H,2,5-7H2,1H3. The van der Waals surface area contributed by atoms with Crippen molar-refractivity contribution < 1.29 is 5.11 Å². The normalized spacial score (nSPS) is 9.67. The van der Waals surface area contributed by atoms with Crippen molar-refractivity contribution in [1.29, 1.82) is 5.26 Å². The fourth-order valence-corrected chi connectivity index (χ4v) is 1.36. The molecule has 0 spiro atoms. The maximum atomic E-state index is 8.92. The lowest BCUT2D eigenvalue weighted by Gasteiger charge is -2.21. The SMILES string of the molecule is CCCN(CCO)c1nnccc1C#N. The van der Waals surface area contributed by atoms with Gasteiger partial charge in [0, 0.05) is 13.1 Å². The van der Waals surface area contributed by atoms with Crippen LogP contribution in [0.5, 0.6) is 0 Å². The van der Waals surface area contributed by atoms with Gasteiger partial charge < -0.3 is 10.0 Å². The number of nitriles is 1. The molecular weight excluding hydrogens is 192 g/mol. The fraction of sp³-hybridized carbons (Fsp3) is 0.500. The van der Waals surface area contributed by atoms with E-state index in [1.54, 1.807) is 6.07 Å². The molecule has 0 unspecified atom stereocenters. The van der Waals surface area contributed by atoms with Crippen LogP contribution in [0.2, 0.25) is 0 Å². The number of rotatable bonds is 5. The molecule has 0 aliphatic rings. The van der Waals surface area contributed by atoms with Gasteiger partial charge >= 0.3 is 0 Å². The van der Waals surface area contributed by atoms with Gasteiger partial charge in [-0.1, -0.05) is 6.92 Å². The molecule has 1 aromatic heterocycles. The second kappa shape index (κ2) is 5.94. The molecule has 5 heteroatoms. The average molecular weight is 206 g/mol. The lowest BCUT2D eigenvalue weighted by atomic mass is 10.2. The van der Waals surface area contributed by atoms with Crippen LogP contribution in [0.3, 0.4) is 0 Å². The molecule has 1 N–H and O–H groups in total. The largest absolute Gasteiger partial charge is 0.395 e. The summed E-state index contributed by atoms with van der Waals surface area (Å²) in [5, 5.41) is 25.5. The third-order valence-corrected chi connectivity index (χ3v) is 1.98. The number of hydrogen-bond donors (Lipinski definition) is 1. The van der Waals surface area contributed by atoms with E-state index in [1.165, 1.54) is 6.20 Å². The molecule has 0 fully saturated rings. The maximum Gasteiger partial charge on any atom is 0.169 e. The molecule has 0 saturated carbocycles. The predicted octanol–water partition coefficient (Wildman–Crippen LogP) is 0.557. The van der Waals surface area contributed by atoms with Gasteiger partial charge in [-0.3, -0.25) is 0 Å². The van der Waals surface area contributed by atoms with Gasteiger partial charge in [0.15, 0.2) is 5.82 Å². The van der Waals surface area contributed by atoms with Crippen LogP contribution in [0.15, 0.2) is 12.3 Å². The first-order chi connectivity index (χ1) is 7.33. The predicted molar refractivity (Wildman–Crippen MR) is 56.3 cm³/mol. The van der Waals surface area contributed by atoms with E-state index in [2.05, 4.69) is 16.3 Å². The summed E-state index contributed by atoms with van der Waals surface area (Å²) in [7, 11) is 0. The lowest BCUT2D eigenvalue weighted by Crippen LogP contribution is -2.29. The van der Waals surface area contributed by atoms with Crippen LogP contribution in [-0.2, 0) is 0 Å². The summed E-state index contributed by atoms with van der Waals surface area (Å²) in [5.74, 6) is 0.552. The third kappa shape index (κ3) is 2.89. The molecule has 0 aliphatic carbocycles. The first kappa shape index (κ1) is 11.4. The Labute approximate surface area is 89.0 Å². The molecular formula is C10H14N4O. The van der Waals surface area contributed by atoms with E-state index in [0.717, 1.165) is 13.0 Å². The van der Waals surface area contributed by atoms with Gasteiger partial charge in [0.1, 0.15) is 6.07 Å². The van der Waals surface area contributed by atoms with Crippen molar-refractivity contribution in [3.63, 3.8) is 0 Å². The van der Waals surface area contributed by atoms with E-state index >= 15 is 0 Å². The summed E-state index contributed by atoms with van der Waals surface area (Å²) >= 11 is 0. The Morgan fingerprint density at radius 1 is 1.53 bits per heavy atom. The number of aliphatic hydroxyl groups is 1. The number of hydrogen-bond acceptors (Lipinski definition) is 5. The van der Waals surface area contributed by atoms with Gasteiger partial charge in [-0.15, -0.1) is 5.10 Å². The molecule has 80 valence electrons. The first-order valence-electron chi connectivity index (χ1n) is 4.91. The van der Waals surface area contributed by atoms with Crippen molar-refractivity contribution >= 4 is 5.82 Å². The van der Waals surface area contributed by atoms with Crippen LogP contribution >= 0.6 is 0 Å². The average Bonchev–Trinajstić information content (AvgIpc) is 2.29. The molecule has 0 aromatic carbocycles. The minimum Gasteiger partial charge on any atom is -0.395 e. The number of aliphatic hydroxyl groups excluding tert-OH is 1. The lowest BCUT2D eigenvalue weighted by molar-refractivity contribution is 0.301. The van der Waals surface area contributed by atoms with Crippen molar-refractivity contribution in [2.45, 2.75) is 13.3 Å². The van der Waals surface area contributed by atoms with Gasteiger partial charge in [0.2, 0.25) is 0 Å². The van der Waals surface area contributed by atoms with Crippen LogP contribution < -0.4 is 4.90 Å². The number of aromatic nitrogens is 2. The number of anilines is 1. The minimum absolute atomic E-state index is 0.0431. The van der Waals surface area contributed by atoms with Gasteiger partial charge in [-0.25, -0.2) is 0 Å². The van der Waals surface area contributed by atoms with Crippen LogP contribution in [0.4, 0.5) is 5.82 Å². The van der Waals surface area contributed by atoms with Gasteiger partial charge in [0.25, 0.3) is 0 Å². The Kier molecular flexibility index (Phi) is 4.51. The molecule has 0 amide bonds. The van der Waals surface area contributed by atoms with Gasteiger partial charge in [-0.05, 0) is 12.5 Å². The van der Waals surface area contributed by atoms with Crippen molar-refractivity contribution in [2.24, 2.45) is 0 Å². The zero-order valence-electron chi connectivity index (χ0n) is 8.72. The van der Waals surface area contributed by atoms with Crippen molar-refractivity contribution in [2.75, 3.05) is 24.6 Å². The highest BCUT2D eigenvalue weighted by Gasteiger charge is 2.11. The van der Waals surface area contributed by atoms with Crippen LogP contribution in [0.25, 0.3) is 0 Å². The summed E-state index contributed by atoms with van der Waals surface area (Å²) in [5.41, 5.74) is 0.493. The third-order valence-electron chi connectivity index (χ3n) is 1.98. The Bertz CT molecular complexity index is 342. The Balaban J connectivity index is 2.94. The van der Waals surface area contributed by atoms with E-state index in [0.29, 0.717) is 17.9 Å². The highest BCUT2D eigenvalue weighted by atomic mass is 16.3. The van der Waals surface area contributed by atoms with Crippen molar-refractivity contribution in [1.82, 2.24) is 10.2 Å². The first-order valence-corrected chi connectivity index (χ1v) is 4.91. The van der Waals surface area contributed by atoms with E-state index in [-0.39, 0.29) is 6.61 Å². The monoisotopic (exact) mass is 206 g/mol. The zero-order chi connectivity index (χ0) is 11.1. The maximum absolute atomic E-state index is 8.92. The van der Waals surface area contributed by atoms with E-state index in [1.807, 2.05) is 11.8 Å². The highest BCUT2D eigenvalue weighted by molar-refractivity contribution is 5.52. The van der Waals surface area contributed by atoms with Crippen LogP contribution in [-0.4, -0.2) is 35.0 Å². The van der Waals surface area contributed by atoms with Gasteiger partial charge in [-0.2, -0.15) is 10.4 Å². The summed E-state index contributed by atoms with van der Waals surface area (Å²) in [6.45, 7) is 3.31. The quantitative estimate of drug-likeness (QED) is 0.762. The summed E-state index contributed by atoms with van der Waals surface area (Å²) in [4.78, 5) is 1.87. The summed E-state index contributed by atoms with van der Waals surface area (Å²) in [6, 6.07) is 3.69. The molecule has 0 saturated heterocycles. The molecule has 0 aliphatic heterocycles. The topological polar surface area (TPSA) is 73.0 Å². The Morgan fingerprint density at radius 3 is 2.93 bits per heavy atom. The zero-order valence-corrected chi connectivity index (χ0v) is 8.72. The van der Waals surface area contributed by atoms with E-state index < -0.39 is 0 Å². The Hall–Kier alpha value is -1.67. The summed E-state index contributed by atoms with van der Waals surface area (Å²) in [6.07, 6.45) is 2.42. The second-order valence-corrected chi connectivity index (χ2v) is 3.09. The van der Waals surface area contributed by atoms with E-state index in [9.17, 15) is 0 Å². The molecule has 0 atom stereocenters. The minimum atomic E-state index is 0.0431. The van der Waals surface area contributed by atoms with Gasteiger partial charge in [0.05, 0.1) is 18.4 Å². The van der Waals surface area contributed by atoms with Crippen molar-refractivity contribution in [3.05, 3.63) is 17.8 Å². The number of nitrogens with zero attached hydrogens (tertiary/aromatic N) is 4. The van der Waals surface area contributed by atoms with E-state index in [4.69, 9.17) is 10.4 Å². The van der Waals surface area contributed by atoms with Crippen molar-refractivity contribution in [3.8, 4) is 6.07 Å². The molecule has 5 nitrogen and oxygen atoms in total. The summed E-state index contributed by atoms with van der Waals surface area (Å²) < 4.78 is 0. The second-order valence-electron chi connectivity index (χ2n) is 3.09. The molecule has 15 heavy (non-hydrogen) atoms. The smallest absolute Gasteiger partial charge is 0.169 e. The Morgan fingerprint density at radius 2 is 2.33 bits per heavy atom.